The van der Waals surface area contributed by atoms with Crippen molar-refractivity contribution >= 4 is 6.03 Å². The Kier molecular flexibility index (Phi) is 3.96. The van der Waals surface area contributed by atoms with Gasteiger partial charge in [-0.3, -0.25) is 0 Å². The summed E-state index contributed by atoms with van der Waals surface area (Å²) in [6, 6.07) is 0.592. The minimum Gasteiger partial charge on any atom is -0.335 e. The minimum absolute atomic E-state index is 0.182. The highest BCUT2D eigenvalue weighted by Gasteiger charge is 2.34. The molecule has 108 valence electrons. The van der Waals surface area contributed by atoms with Crippen LogP contribution in [0, 0.1) is 17.8 Å². The maximum atomic E-state index is 12.3. The van der Waals surface area contributed by atoms with E-state index in [4.69, 9.17) is 0 Å². The van der Waals surface area contributed by atoms with E-state index in [0.717, 1.165) is 50.2 Å². The SMILES string of the molecule is CC1CCN(C(=O)NC2CC[C@H]3CNC[C@H]3C2)CC1. The summed E-state index contributed by atoms with van der Waals surface area (Å²) in [4.78, 5) is 14.3. The summed E-state index contributed by atoms with van der Waals surface area (Å²) in [5.74, 6) is 2.44. The van der Waals surface area contributed by atoms with E-state index in [1.807, 2.05) is 4.90 Å². The number of nitrogens with zero attached hydrogens (tertiary/aromatic N) is 1. The number of urea groups is 1. The van der Waals surface area contributed by atoms with Crippen LogP contribution >= 0.6 is 0 Å². The molecule has 4 heteroatoms. The minimum atomic E-state index is 0.182. The van der Waals surface area contributed by atoms with Crippen molar-refractivity contribution in [1.29, 1.82) is 0 Å². The second-order valence-corrected chi connectivity index (χ2v) is 6.81. The summed E-state index contributed by atoms with van der Waals surface area (Å²) in [5, 5.41) is 6.76. The molecule has 0 aromatic heterocycles. The molecule has 0 aromatic rings. The van der Waals surface area contributed by atoms with E-state index in [1.165, 1.54) is 25.8 Å². The van der Waals surface area contributed by atoms with E-state index < -0.39 is 0 Å². The van der Waals surface area contributed by atoms with Gasteiger partial charge in [0.25, 0.3) is 0 Å². The Bertz CT molecular complexity index is 325. The second-order valence-electron chi connectivity index (χ2n) is 6.81. The van der Waals surface area contributed by atoms with Gasteiger partial charge < -0.3 is 15.5 Å². The van der Waals surface area contributed by atoms with Crippen molar-refractivity contribution in [1.82, 2.24) is 15.5 Å². The standard InChI is InChI=1S/C15H27N3O/c1-11-4-6-18(7-5-11)15(19)17-14-3-2-12-9-16-10-13(12)8-14/h11-14,16H,2-10H2,1H3,(H,17,19)/t12-,13+,14?/m0/s1. The molecule has 2 heterocycles. The van der Waals surface area contributed by atoms with Crippen LogP contribution in [0.15, 0.2) is 0 Å². The molecule has 1 saturated carbocycles. The lowest BCUT2D eigenvalue weighted by molar-refractivity contribution is 0.161. The third-order valence-corrected chi connectivity index (χ3v) is 5.35. The molecular formula is C15H27N3O. The fraction of sp³-hybridized carbons (Fsp3) is 0.933. The smallest absolute Gasteiger partial charge is 0.317 e. The zero-order valence-electron chi connectivity index (χ0n) is 12.0. The third-order valence-electron chi connectivity index (χ3n) is 5.35. The van der Waals surface area contributed by atoms with Gasteiger partial charge in [0.05, 0.1) is 0 Å². The largest absolute Gasteiger partial charge is 0.335 e. The van der Waals surface area contributed by atoms with E-state index in [0.29, 0.717) is 6.04 Å². The van der Waals surface area contributed by atoms with Crippen molar-refractivity contribution in [2.75, 3.05) is 26.2 Å². The molecule has 19 heavy (non-hydrogen) atoms. The summed E-state index contributed by atoms with van der Waals surface area (Å²) in [7, 11) is 0. The first-order valence-corrected chi connectivity index (χ1v) is 7.98. The van der Waals surface area contributed by atoms with Crippen molar-refractivity contribution in [2.24, 2.45) is 17.8 Å². The summed E-state index contributed by atoms with van der Waals surface area (Å²) >= 11 is 0. The maximum Gasteiger partial charge on any atom is 0.317 e. The van der Waals surface area contributed by atoms with Crippen LogP contribution < -0.4 is 10.6 Å². The number of amides is 2. The van der Waals surface area contributed by atoms with Gasteiger partial charge in [-0.2, -0.15) is 0 Å². The summed E-state index contributed by atoms with van der Waals surface area (Å²) in [6.45, 7) is 6.50. The first-order chi connectivity index (χ1) is 9.22. The Balaban J connectivity index is 1.47. The first-order valence-electron chi connectivity index (χ1n) is 7.98. The van der Waals surface area contributed by atoms with E-state index in [2.05, 4.69) is 17.6 Å². The van der Waals surface area contributed by atoms with Crippen LogP contribution in [-0.2, 0) is 0 Å². The summed E-state index contributed by atoms with van der Waals surface area (Å²) in [6.07, 6.45) is 5.94. The van der Waals surface area contributed by atoms with Crippen LogP contribution in [0.2, 0.25) is 0 Å². The highest BCUT2D eigenvalue weighted by molar-refractivity contribution is 5.74. The molecule has 3 atom stereocenters. The number of likely N-dealkylation sites (tertiary alicyclic amines) is 1. The second kappa shape index (κ2) is 5.70. The van der Waals surface area contributed by atoms with Gasteiger partial charge in [0, 0.05) is 19.1 Å². The lowest BCUT2D eigenvalue weighted by Crippen LogP contribution is -2.49. The molecule has 2 aliphatic heterocycles. The number of hydrogen-bond donors (Lipinski definition) is 2. The van der Waals surface area contributed by atoms with Gasteiger partial charge >= 0.3 is 6.03 Å². The number of carbonyl (C=O) groups excluding carboxylic acids is 1. The first kappa shape index (κ1) is 13.2. The molecule has 3 aliphatic rings. The molecule has 4 nitrogen and oxygen atoms in total. The van der Waals surface area contributed by atoms with Gasteiger partial charge in [0.1, 0.15) is 0 Å². The average molecular weight is 265 g/mol. The zero-order valence-corrected chi connectivity index (χ0v) is 12.0. The fourth-order valence-electron chi connectivity index (χ4n) is 3.91. The van der Waals surface area contributed by atoms with E-state index in [-0.39, 0.29) is 6.03 Å². The molecule has 2 amide bonds. The highest BCUT2D eigenvalue weighted by atomic mass is 16.2. The van der Waals surface area contributed by atoms with E-state index in [1.54, 1.807) is 0 Å². The molecule has 0 bridgehead atoms. The van der Waals surface area contributed by atoms with Crippen molar-refractivity contribution in [3.8, 4) is 0 Å². The highest BCUT2D eigenvalue weighted by Crippen LogP contribution is 2.32. The molecule has 2 N–H and O–H groups in total. The number of hydrogen-bond acceptors (Lipinski definition) is 2. The van der Waals surface area contributed by atoms with Crippen molar-refractivity contribution in [3.63, 3.8) is 0 Å². The van der Waals surface area contributed by atoms with Gasteiger partial charge in [0.15, 0.2) is 0 Å². The topological polar surface area (TPSA) is 44.4 Å². The van der Waals surface area contributed by atoms with Crippen LogP contribution in [-0.4, -0.2) is 43.2 Å². The molecule has 0 spiro atoms. The maximum absolute atomic E-state index is 12.3. The quantitative estimate of drug-likeness (QED) is 0.759. The van der Waals surface area contributed by atoms with Gasteiger partial charge in [0.2, 0.25) is 0 Å². The van der Waals surface area contributed by atoms with E-state index >= 15 is 0 Å². The molecular weight excluding hydrogens is 238 g/mol. The van der Waals surface area contributed by atoms with Crippen LogP contribution in [0.4, 0.5) is 4.79 Å². The molecule has 0 aromatic carbocycles. The molecule has 3 fully saturated rings. The van der Waals surface area contributed by atoms with E-state index in [9.17, 15) is 4.79 Å². The Morgan fingerprint density at radius 1 is 1.11 bits per heavy atom. The van der Waals surface area contributed by atoms with Gasteiger partial charge in [-0.1, -0.05) is 6.92 Å². The number of rotatable bonds is 1. The molecule has 3 rings (SSSR count). The van der Waals surface area contributed by atoms with Crippen molar-refractivity contribution < 1.29 is 4.79 Å². The molecule has 1 aliphatic carbocycles. The van der Waals surface area contributed by atoms with Crippen LogP contribution in [0.3, 0.4) is 0 Å². The Morgan fingerprint density at radius 3 is 2.63 bits per heavy atom. The molecule has 2 saturated heterocycles. The fourth-order valence-corrected chi connectivity index (χ4v) is 3.91. The third kappa shape index (κ3) is 3.04. The predicted octanol–water partition coefficient (Wildman–Crippen LogP) is 1.82. The average Bonchev–Trinajstić information content (AvgIpc) is 2.87. The van der Waals surface area contributed by atoms with Gasteiger partial charge in [-0.25, -0.2) is 4.79 Å². The number of nitrogens with one attached hydrogen (secondary N) is 2. The predicted molar refractivity (Wildman–Crippen MR) is 76.0 cm³/mol. The van der Waals surface area contributed by atoms with Gasteiger partial charge in [-0.05, 0) is 62.9 Å². The zero-order chi connectivity index (χ0) is 13.2. The summed E-state index contributed by atoms with van der Waals surface area (Å²) < 4.78 is 0. The lowest BCUT2D eigenvalue weighted by Gasteiger charge is -2.35. The summed E-state index contributed by atoms with van der Waals surface area (Å²) in [5.41, 5.74) is 0. The Hall–Kier alpha value is -0.770. The van der Waals surface area contributed by atoms with Crippen LogP contribution in [0.1, 0.15) is 39.0 Å². The number of piperidine rings is 1. The Labute approximate surface area is 116 Å². The van der Waals surface area contributed by atoms with Crippen LogP contribution in [0.5, 0.6) is 0 Å². The Morgan fingerprint density at radius 2 is 1.84 bits per heavy atom. The van der Waals surface area contributed by atoms with Crippen molar-refractivity contribution in [3.05, 3.63) is 0 Å². The number of carbonyl (C=O) groups is 1. The monoisotopic (exact) mass is 265 g/mol. The molecule has 1 unspecified atom stereocenters. The normalized spacial score (nSPS) is 36.1. The molecule has 0 radical (unpaired) electrons. The van der Waals surface area contributed by atoms with Crippen LogP contribution in [0.25, 0.3) is 0 Å². The van der Waals surface area contributed by atoms with Gasteiger partial charge in [-0.15, -0.1) is 0 Å². The lowest BCUT2D eigenvalue weighted by atomic mass is 9.79. The van der Waals surface area contributed by atoms with Crippen molar-refractivity contribution in [2.45, 2.75) is 45.1 Å². The number of fused-ring (bicyclic) bond motifs is 1.